The van der Waals surface area contributed by atoms with Crippen LogP contribution in [-0.2, 0) is 4.74 Å². The van der Waals surface area contributed by atoms with Crippen LogP contribution in [0.4, 0.5) is 30.7 Å². The minimum atomic E-state index is -5.25. The van der Waals surface area contributed by atoms with E-state index in [0.29, 0.717) is 24.3 Å². The molecule has 0 unspecified atom stereocenters. The van der Waals surface area contributed by atoms with E-state index in [0.717, 1.165) is 7.11 Å². The van der Waals surface area contributed by atoms with Gasteiger partial charge in [0.25, 0.3) is 0 Å². The summed E-state index contributed by atoms with van der Waals surface area (Å²) in [5.41, 5.74) is -3.99. The summed E-state index contributed by atoms with van der Waals surface area (Å²) in [6.45, 7) is 0. The SMILES string of the molecule is [B]C([B])(O)Oc1cc(OC(F)(F)F)ccc1Oc1cc(OC(F)(F)F)cc(F)c1C(=O)OC. The van der Waals surface area contributed by atoms with Crippen LogP contribution >= 0.6 is 0 Å². The Kier molecular flexibility index (Phi) is 7.31. The van der Waals surface area contributed by atoms with Crippen LogP contribution in [0.15, 0.2) is 30.3 Å². The van der Waals surface area contributed by atoms with Gasteiger partial charge in [0.1, 0.15) is 34.2 Å². The molecule has 0 atom stereocenters. The van der Waals surface area contributed by atoms with Gasteiger partial charge in [-0.3, -0.25) is 0 Å². The molecular weight excluding hydrogens is 471 g/mol. The topological polar surface area (TPSA) is 83.5 Å². The number of aliphatic hydroxyl groups is 1. The minimum absolute atomic E-state index is 0.211. The normalized spacial score (nSPS) is 12.2. The smallest absolute Gasteiger partial charge is 0.478 e. The molecule has 0 aliphatic heterocycles. The number of ether oxygens (including phenoxy) is 5. The summed E-state index contributed by atoms with van der Waals surface area (Å²) in [7, 11) is 10.9. The quantitative estimate of drug-likeness (QED) is 0.281. The Labute approximate surface area is 182 Å². The standard InChI is InChI=1S/C17H9B2F7O7/c1-29-14(27)13-9(20)4-8(32-17(24,25)26)6-12(13)30-10-3-2-7(31-16(21,22)23)5-11(10)33-15(18,19)28/h2-6,28H,1H3. The van der Waals surface area contributed by atoms with Crippen molar-refractivity contribution < 1.29 is 64.3 Å². The fourth-order valence-electron chi connectivity index (χ4n) is 2.28. The third-order valence-corrected chi connectivity index (χ3v) is 3.29. The largest absolute Gasteiger partial charge is 0.573 e. The van der Waals surface area contributed by atoms with Crippen LogP contribution in [0.3, 0.4) is 0 Å². The molecular formula is C17H9B2F7O7. The second-order valence-electron chi connectivity index (χ2n) is 5.93. The molecule has 7 nitrogen and oxygen atoms in total. The summed E-state index contributed by atoms with van der Waals surface area (Å²) in [5.74, 6) is -7.50. The number of esters is 1. The Hall–Kier alpha value is -3.29. The minimum Gasteiger partial charge on any atom is -0.478 e. The van der Waals surface area contributed by atoms with Crippen molar-refractivity contribution in [3.8, 4) is 28.7 Å². The lowest BCUT2D eigenvalue weighted by molar-refractivity contribution is -0.275. The molecule has 2 aromatic carbocycles. The highest BCUT2D eigenvalue weighted by molar-refractivity contribution is 6.37. The predicted octanol–water partition coefficient (Wildman–Crippen LogP) is 3.52. The van der Waals surface area contributed by atoms with Gasteiger partial charge in [-0.25, -0.2) is 9.18 Å². The number of methoxy groups -OCH3 is 1. The van der Waals surface area contributed by atoms with Gasteiger partial charge in [-0.05, 0) is 12.1 Å². The van der Waals surface area contributed by atoms with Gasteiger partial charge in [-0.2, -0.15) is 0 Å². The molecule has 0 aliphatic rings. The second kappa shape index (κ2) is 9.29. The Morgan fingerprint density at radius 2 is 1.39 bits per heavy atom. The van der Waals surface area contributed by atoms with E-state index in [2.05, 4.69) is 18.9 Å². The highest BCUT2D eigenvalue weighted by atomic mass is 19.4. The fourth-order valence-corrected chi connectivity index (χ4v) is 2.28. The van der Waals surface area contributed by atoms with Crippen LogP contribution in [0.2, 0.25) is 0 Å². The number of carbonyl (C=O) groups is 1. The number of carbonyl (C=O) groups excluding carboxylic acids is 1. The molecule has 0 saturated heterocycles. The molecule has 0 fully saturated rings. The zero-order chi connectivity index (χ0) is 25.2. The van der Waals surface area contributed by atoms with Gasteiger partial charge >= 0.3 is 18.7 Å². The first-order chi connectivity index (χ1) is 15.0. The highest BCUT2D eigenvalue weighted by Crippen LogP contribution is 2.40. The first kappa shape index (κ1) is 26.0. The van der Waals surface area contributed by atoms with Crippen molar-refractivity contribution in [2.45, 2.75) is 18.3 Å². The molecule has 2 rings (SSSR count). The number of benzene rings is 2. The van der Waals surface area contributed by atoms with Crippen LogP contribution in [0.5, 0.6) is 28.7 Å². The molecule has 0 amide bonds. The van der Waals surface area contributed by atoms with E-state index in [1.54, 1.807) is 0 Å². The van der Waals surface area contributed by atoms with E-state index in [9.17, 15) is 40.6 Å². The van der Waals surface area contributed by atoms with Crippen molar-refractivity contribution in [3.63, 3.8) is 0 Å². The predicted molar refractivity (Wildman–Crippen MR) is 94.7 cm³/mol. The maximum absolute atomic E-state index is 14.4. The van der Waals surface area contributed by atoms with Gasteiger partial charge in [0.15, 0.2) is 27.2 Å². The lowest BCUT2D eigenvalue weighted by Gasteiger charge is -2.24. The average molecular weight is 480 g/mol. The average Bonchev–Trinajstić information content (AvgIpc) is 2.59. The van der Waals surface area contributed by atoms with E-state index in [-0.39, 0.29) is 6.07 Å². The van der Waals surface area contributed by atoms with Gasteiger partial charge in [0.2, 0.25) is 0 Å². The summed E-state index contributed by atoms with van der Waals surface area (Å²) < 4.78 is 111. The number of rotatable bonds is 7. The van der Waals surface area contributed by atoms with Crippen molar-refractivity contribution in [3.05, 3.63) is 41.7 Å². The number of hydrogen-bond acceptors (Lipinski definition) is 7. The summed E-state index contributed by atoms with van der Waals surface area (Å²) in [6, 6.07) is 2.49. The van der Waals surface area contributed by atoms with E-state index in [4.69, 9.17) is 20.4 Å². The Morgan fingerprint density at radius 3 is 1.91 bits per heavy atom. The van der Waals surface area contributed by atoms with Gasteiger partial charge in [-0.15, -0.1) is 26.3 Å². The Balaban J connectivity index is 2.59. The Morgan fingerprint density at radius 1 is 0.848 bits per heavy atom. The molecule has 0 aromatic heterocycles. The molecule has 0 bridgehead atoms. The molecule has 0 spiro atoms. The molecule has 0 saturated carbocycles. The lowest BCUT2D eigenvalue weighted by atomic mass is 9.76. The molecule has 0 aliphatic carbocycles. The monoisotopic (exact) mass is 480 g/mol. The van der Waals surface area contributed by atoms with Crippen molar-refractivity contribution in [2.24, 2.45) is 0 Å². The van der Waals surface area contributed by atoms with Crippen LogP contribution in [-0.4, -0.2) is 52.2 Å². The Bertz CT molecular complexity index is 1020. The third-order valence-electron chi connectivity index (χ3n) is 3.29. The summed E-state index contributed by atoms with van der Waals surface area (Å²) >= 11 is 0. The molecule has 0 heterocycles. The molecule has 2 aromatic rings. The van der Waals surface area contributed by atoms with Crippen molar-refractivity contribution in [2.75, 3.05) is 7.11 Å². The first-order valence-corrected chi connectivity index (χ1v) is 8.22. The van der Waals surface area contributed by atoms with Crippen LogP contribution < -0.4 is 18.9 Å². The van der Waals surface area contributed by atoms with Crippen molar-refractivity contribution in [1.82, 2.24) is 0 Å². The first-order valence-electron chi connectivity index (χ1n) is 8.22. The maximum Gasteiger partial charge on any atom is 0.573 e. The van der Waals surface area contributed by atoms with E-state index >= 15 is 0 Å². The number of hydrogen-bond donors (Lipinski definition) is 1. The van der Waals surface area contributed by atoms with Crippen molar-refractivity contribution in [1.29, 1.82) is 0 Å². The summed E-state index contributed by atoms with van der Waals surface area (Å²) in [4.78, 5) is 11.9. The van der Waals surface area contributed by atoms with E-state index in [1.807, 2.05) is 0 Å². The highest BCUT2D eigenvalue weighted by Gasteiger charge is 2.34. The van der Waals surface area contributed by atoms with Crippen LogP contribution in [0.25, 0.3) is 0 Å². The van der Waals surface area contributed by atoms with E-state index < -0.39 is 64.4 Å². The van der Waals surface area contributed by atoms with E-state index in [1.165, 1.54) is 0 Å². The van der Waals surface area contributed by atoms with Gasteiger partial charge in [0, 0.05) is 18.2 Å². The molecule has 174 valence electrons. The van der Waals surface area contributed by atoms with Gasteiger partial charge in [-0.1, -0.05) is 0 Å². The number of halogens is 7. The second-order valence-corrected chi connectivity index (χ2v) is 5.93. The molecule has 1 N–H and O–H groups in total. The van der Waals surface area contributed by atoms with Crippen molar-refractivity contribution >= 4 is 21.7 Å². The maximum atomic E-state index is 14.4. The summed E-state index contributed by atoms with van der Waals surface area (Å²) in [6.07, 6.45) is -10.4. The molecule has 33 heavy (non-hydrogen) atoms. The van der Waals surface area contributed by atoms with Gasteiger partial charge < -0.3 is 28.8 Å². The van der Waals surface area contributed by atoms with Crippen LogP contribution in [0, 0.1) is 5.82 Å². The van der Waals surface area contributed by atoms with Gasteiger partial charge in [0.05, 0.1) is 7.11 Å². The molecule has 4 radical (unpaired) electrons. The number of alkyl halides is 6. The van der Waals surface area contributed by atoms with Crippen LogP contribution in [0.1, 0.15) is 10.4 Å². The lowest BCUT2D eigenvalue weighted by Crippen LogP contribution is -2.36. The zero-order valence-electron chi connectivity index (χ0n) is 16.1. The fraction of sp³-hybridized carbons (Fsp3) is 0.235. The third kappa shape index (κ3) is 7.97. The summed E-state index contributed by atoms with van der Waals surface area (Å²) in [5, 5.41) is 9.42. The molecule has 16 heteroatoms. The zero-order valence-corrected chi connectivity index (χ0v) is 16.1.